The van der Waals surface area contributed by atoms with Crippen LogP contribution in [0, 0.1) is 0 Å². The van der Waals surface area contributed by atoms with Gasteiger partial charge in [-0.15, -0.1) is 11.3 Å². The van der Waals surface area contributed by atoms with Crippen molar-refractivity contribution >= 4 is 29.0 Å². The van der Waals surface area contributed by atoms with Gasteiger partial charge in [0.1, 0.15) is 0 Å². The Morgan fingerprint density at radius 2 is 1.71 bits per heavy atom. The van der Waals surface area contributed by atoms with E-state index in [0.717, 1.165) is 22.7 Å². The predicted molar refractivity (Wildman–Crippen MR) is 120 cm³/mol. The minimum absolute atomic E-state index is 0.0816. The first-order chi connectivity index (χ1) is 16.2. The number of alkyl halides is 3. The first kappa shape index (κ1) is 23.7. The van der Waals surface area contributed by atoms with Crippen LogP contribution in [0.5, 0.6) is 0 Å². The summed E-state index contributed by atoms with van der Waals surface area (Å²) in [6.45, 7) is 0.903. The van der Waals surface area contributed by atoms with Gasteiger partial charge in [0.25, 0.3) is 0 Å². The smallest absolute Gasteiger partial charge is 0.416 e. The molecule has 1 saturated heterocycles. The highest BCUT2D eigenvalue weighted by Crippen LogP contribution is 2.37. The standard InChI is InChI=1S/C24H22F3N3O3S/c25-24(26,27)17-6-8-18(9-7-17)28-23(33)30-12-10-16(11-13-30)22-29-21(15-4-2-1-3-5-15)19(34-22)14-20(31)32/h1-9,16H,10-14H2,(H,28,33)(H,31,32)/p-1. The number of likely N-dealkylation sites (tertiary alicyclic amines) is 1. The number of carbonyl (C=O) groups excluding carboxylic acids is 2. The third-order valence-corrected chi connectivity index (χ3v) is 6.88. The molecule has 3 aromatic rings. The number of amides is 2. The van der Waals surface area contributed by atoms with E-state index in [4.69, 9.17) is 4.98 Å². The Hall–Kier alpha value is -3.40. The average molecular weight is 489 g/mol. The number of anilines is 1. The minimum Gasteiger partial charge on any atom is -0.550 e. The fourth-order valence-corrected chi connectivity index (χ4v) is 5.13. The fourth-order valence-electron chi connectivity index (χ4n) is 3.89. The number of hydrogen-bond acceptors (Lipinski definition) is 5. The van der Waals surface area contributed by atoms with Gasteiger partial charge in [0.05, 0.1) is 16.3 Å². The third kappa shape index (κ3) is 5.56. The maximum Gasteiger partial charge on any atom is 0.416 e. The maximum atomic E-state index is 12.7. The number of benzene rings is 2. The zero-order valence-electron chi connectivity index (χ0n) is 18.0. The maximum absolute atomic E-state index is 12.7. The lowest BCUT2D eigenvalue weighted by Crippen LogP contribution is -2.40. The number of nitrogens with zero attached hydrogens (tertiary/aromatic N) is 2. The molecule has 34 heavy (non-hydrogen) atoms. The van der Waals surface area contributed by atoms with Crippen LogP contribution < -0.4 is 10.4 Å². The molecule has 2 heterocycles. The molecule has 178 valence electrons. The van der Waals surface area contributed by atoms with Gasteiger partial charge in [0.2, 0.25) is 0 Å². The van der Waals surface area contributed by atoms with Crippen molar-refractivity contribution in [3.8, 4) is 11.3 Å². The van der Waals surface area contributed by atoms with Crippen molar-refractivity contribution in [2.75, 3.05) is 18.4 Å². The summed E-state index contributed by atoms with van der Waals surface area (Å²) < 4.78 is 38.1. The van der Waals surface area contributed by atoms with Crippen molar-refractivity contribution < 1.29 is 27.9 Å². The van der Waals surface area contributed by atoms with E-state index in [-0.39, 0.29) is 18.4 Å². The fraction of sp³-hybridized carbons (Fsp3) is 0.292. The van der Waals surface area contributed by atoms with Gasteiger partial charge in [0, 0.05) is 47.5 Å². The Morgan fingerprint density at radius 1 is 1.06 bits per heavy atom. The number of carboxylic acids is 1. The van der Waals surface area contributed by atoms with Gasteiger partial charge in [-0.05, 0) is 37.1 Å². The normalized spacial score (nSPS) is 14.7. The molecule has 0 atom stereocenters. The van der Waals surface area contributed by atoms with Crippen molar-refractivity contribution in [1.29, 1.82) is 0 Å². The molecule has 10 heteroatoms. The highest BCUT2D eigenvalue weighted by molar-refractivity contribution is 7.12. The monoisotopic (exact) mass is 488 g/mol. The minimum atomic E-state index is -4.43. The molecule has 1 aliphatic rings. The SMILES string of the molecule is O=C([O-])Cc1sc(C2CCN(C(=O)Nc3ccc(C(F)(F)F)cc3)CC2)nc1-c1ccccc1. The van der Waals surface area contributed by atoms with Gasteiger partial charge >= 0.3 is 12.2 Å². The van der Waals surface area contributed by atoms with Crippen LogP contribution in [0.25, 0.3) is 11.3 Å². The lowest BCUT2D eigenvalue weighted by atomic mass is 9.97. The number of thiazole rings is 1. The van der Waals surface area contributed by atoms with E-state index in [2.05, 4.69) is 5.32 Å². The van der Waals surface area contributed by atoms with Crippen molar-refractivity contribution in [3.63, 3.8) is 0 Å². The predicted octanol–water partition coefficient (Wildman–Crippen LogP) is 4.53. The number of urea groups is 1. The van der Waals surface area contributed by atoms with Crippen molar-refractivity contribution in [1.82, 2.24) is 9.88 Å². The van der Waals surface area contributed by atoms with Crippen LogP contribution in [0.2, 0.25) is 0 Å². The van der Waals surface area contributed by atoms with E-state index < -0.39 is 17.7 Å². The number of aromatic nitrogens is 1. The molecule has 1 aliphatic heterocycles. The molecule has 0 bridgehead atoms. The van der Waals surface area contributed by atoms with Gasteiger partial charge < -0.3 is 20.1 Å². The molecule has 0 radical (unpaired) electrons. The first-order valence-electron chi connectivity index (χ1n) is 10.7. The molecular weight excluding hydrogens is 467 g/mol. The van der Waals surface area contributed by atoms with Gasteiger partial charge in [-0.25, -0.2) is 9.78 Å². The molecule has 1 N–H and O–H groups in total. The second-order valence-corrected chi connectivity index (χ2v) is 9.12. The highest BCUT2D eigenvalue weighted by Gasteiger charge is 2.30. The Labute approximate surface area is 198 Å². The molecule has 2 amide bonds. The van der Waals surface area contributed by atoms with Crippen LogP contribution in [-0.2, 0) is 17.4 Å². The number of carboxylic acid groups (broad SMARTS) is 1. The summed E-state index contributed by atoms with van der Waals surface area (Å²) in [6, 6.07) is 13.3. The van der Waals surface area contributed by atoms with Gasteiger partial charge in [-0.2, -0.15) is 13.2 Å². The molecule has 0 unspecified atom stereocenters. The van der Waals surface area contributed by atoms with Gasteiger partial charge in [0.15, 0.2) is 0 Å². The Balaban J connectivity index is 1.40. The van der Waals surface area contributed by atoms with Gasteiger partial charge in [-0.1, -0.05) is 30.3 Å². The number of hydrogen-bond donors (Lipinski definition) is 1. The number of nitrogens with one attached hydrogen (secondary N) is 1. The third-order valence-electron chi connectivity index (χ3n) is 5.66. The molecule has 6 nitrogen and oxygen atoms in total. The average Bonchev–Trinajstić information content (AvgIpc) is 3.22. The van der Waals surface area contributed by atoms with E-state index in [1.54, 1.807) is 4.90 Å². The first-order valence-corrected chi connectivity index (χ1v) is 11.5. The van der Waals surface area contributed by atoms with E-state index in [9.17, 15) is 27.9 Å². The molecule has 2 aromatic carbocycles. The summed E-state index contributed by atoms with van der Waals surface area (Å²) in [5, 5.41) is 14.7. The molecule has 0 aliphatic carbocycles. The lowest BCUT2D eigenvalue weighted by Gasteiger charge is -2.31. The van der Waals surface area contributed by atoms with E-state index >= 15 is 0 Å². The second-order valence-electron chi connectivity index (χ2n) is 8.01. The van der Waals surface area contributed by atoms with Crippen LogP contribution in [0.3, 0.4) is 0 Å². The molecule has 0 spiro atoms. The Morgan fingerprint density at radius 3 is 2.29 bits per heavy atom. The molecule has 1 aromatic heterocycles. The summed E-state index contributed by atoms with van der Waals surface area (Å²) in [5.74, 6) is -1.08. The summed E-state index contributed by atoms with van der Waals surface area (Å²) >= 11 is 1.36. The molecule has 0 saturated carbocycles. The summed E-state index contributed by atoms with van der Waals surface area (Å²) in [7, 11) is 0. The zero-order valence-corrected chi connectivity index (χ0v) is 18.8. The summed E-state index contributed by atoms with van der Waals surface area (Å²) in [4.78, 5) is 30.8. The van der Waals surface area contributed by atoms with Crippen LogP contribution in [-0.4, -0.2) is 35.0 Å². The summed E-state index contributed by atoms with van der Waals surface area (Å²) in [5.41, 5.74) is 1.00. The topological polar surface area (TPSA) is 85.4 Å². The van der Waals surface area contributed by atoms with E-state index in [0.29, 0.717) is 42.2 Å². The van der Waals surface area contributed by atoms with Crippen molar-refractivity contribution in [2.45, 2.75) is 31.4 Å². The van der Waals surface area contributed by atoms with Crippen LogP contribution in [0.15, 0.2) is 54.6 Å². The summed E-state index contributed by atoms with van der Waals surface area (Å²) in [6.07, 6.45) is -3.35. The lowest BCUT2D eigenvalue weighted by molar-refractivity contribution is -0.304. The van der Waals surface area contributed by atoms with Crippen LogP contribution in [0.4, 0.5) is 23.7 Å². The molecular formula is C24H21F3N3O3S-. The van der Waals surface area contributed by atoms with Crippen LogP contribution in [0.1, 0.15) is 34.2 Å². The van der Waals surface area contributed by atoms with Crippen LogP contribution >= 0.6 is 11.3 Å². The number of piperidine rings is 1. The number of halogens is 3. The number of aliphatic carboxylic acids is 1. The Kier molecular flexibility index (Phi) is 6.87. The van der Waals surface area contributed by atoms with Crippen molar-refractivity contribution in [3.05, 3.63) is 70.0 Å². The zero-order chi connectivity index (χ0) is 24.3. The second kappa shape index (κ2) is 9.84. The highest BCUT2D eigenvalue weighted by atomic mass is 32.1. The molecule has 1 fully saturated rings. The number of carbonyl (C=O) groups is 2. The van der Waals surface area contributed by atoms with E-state index in [1.807, 2.05) is 30.3 Å². The molecule has 4 rings (SSSR count). The quantitative estimate of drug-likeness (QED) is 0.572. The number of rotatable bonds is 5. The van der Waals surface area contributed by atoms with Crippen molar-refractivity contribution in [2.24, 2.45) is 0 Å². The Bertz CT molecular complexity index is 1160. The van der Waals surface area contributed by atoms with E-state index in [1.165, 1.54) is 23.5 Å². The van der Waals surface area contributed by atoms with Gasteiger partial charge in [-0.3, -0.25) is 0 Å². The largest absolute Gasteiger partial charge is 0.550 e.